The highest BCUT2D eigenvalue weighted by atomic mass is 32.2. The number of allylic oxidation sites excluding steroid dienone is 1. The summed E-state index contributed by atoms with van der Waals surface area (Å²) in [5, 5.41) is 0. The van der Waals surface area contributed by atoms with Gasteiger partial charge >= 0.3 is 15.6 Å². The van der Waals surface area contributed by atoms with Crippen LogP contribution in [0, 0.1) is 0 Å². The van der Waals surface area contributed by atoms with Crippen molar-refractivity contribution in [2.75, 3.05) is 7.11 Å². The molecule has 0 aromatic heterocycles. The molecule has 1 aliphatic rings. The lowest BCUT2D eigenvalue weighted by molar-refractivity contribution is -0.0522. The number of rotatable bonds is 3. The monoisotopic (exact) mass is 308 g/mol. The maximum absolute atomic E-state index is 12.2. The largest absolute Gasteiger partial charge is 0.534 e. The average Bonchev–Trinajstić information content (AvgIpc) is 2.35. The van der Waals surface area contributed by atoms with Crippen LogP contribution in [0.4, 0.5) is 13.2 Å². The van der Waals surface area contributed by atoms with Gasteiger partial charge in [-0.15, -0.1) is 0 Å². The number of ether oxygens (including phenoxy) is 1. The van der Waals surface area contributed by atoms with Gasteiger partial charge in [0, 0.05) is 12.0 Å². The molecular weight excluding hydrogens is 297 g/mol. The minimum atomic E-state index is -5.62. The summed E-state index contributed by atoms with van der Waals surface area (Å²) in [6.45, 7) is 0. The normalized spacial score (nSPS) is 15.3. The predicted octanol–water partition coefficient (Wildman–Crippen LogP) is 2.85. The molecule has 4 nitrogen and oxygen atoms in total. The van der Waals surface area contributed by atoms with Crippen LogP contribution in [0.3, 0.4) is 0 Å². The molecule has 8 heteroatoms. The van der Waals surface area contributed by atoms with E-state index in [4.69, 9.17) is 4.74 Å². The number of fused-ring (bicyclic) bond motifs is 1. The van der Waals surface area contributed by atoms with Gasteiger partial charge in [-0.3, -0.25) is 0 Å². The molecular formula is C12H11F3O4S. The van der Waals surface area contributed by atoms with E-state index in [1.807, 2.05) is 0 Å². The fraction of sp³-hybridized carbons (Fsp3) is 0.333. The first-order chi connectivity index (χ1) is 9.24. The van der Waals surface area contributed by atoms with E-state index in [2.05, 4.69) is 4.18 Å². The van der Waals surface area contributed by atoms with Crippen LogP contribution >= 0.6 is 0 Å². The third kappa shape index (κ3) is 2.74. The minimum Gasteiger partial charge on any atom is -0.496 e. The predicted molar refractivity (Wildman–Crippen MR) is 65.4 cm³/mol. The number of halogens is 3. The zero-order valence-electron chi connectivity index (χ0n) is 10.4. The summed E-state index contributed by atoms with van der Waals surface area (Å²) < 4.78 is 67.9. The van der Waals surface area contributed by atoms with Crippen LogP contribution in [0.15, 0.2) is 24.0 Å². The Labute approximate surface area is 113 Å². The Kier molecular flexibility index (Phi) is 3.68. The van der Waals surface area contributed by atoms with E-state index < -0.39 is 15.6 Å². The van der Waals surface area contributed by atoms with Gasteiger partial charge in [0.2, 0.25) is 0 Å². The second-order valence-corrected chi connectivity index (χ2v) is 5.66. The fourth-order valence-electron chi connectivity index (χ4n) is 1.92. The summed E-state index contributed by atoms with van der Waals surface area (Å²) in [4.78, 5) is 0. The van der Waals surface area contributed by atoms with Crippen LogP contribution in [0.25, 0.3) is 6.08 Å². The van der Waals surface area contributed by atoms with E-state index in [-0.39, 0.29) is 12.2 Å². The highest BCUT2D eigenvalue weighted by Gasteiger charge is 2.48. The van der Waals surface area contributed by atoms with Crippen LogP contribution in [-0.4, -0.2) is 21.0 Å². The van der Waals surface area contributed by atoms with Gasteiger partial charge in [-0.05, 0) is 24.1 Å². The van der Waals surface area contributed by atoms with Gasteiger partial charge in [0.05, 0.1) is 7.11 Å². The van der Waals surface area contributed by atoms with E-state index in [9.17, 15) is 21.6 Å². The molecule has 0 amide bonds. The van der Waals surface area contributed by atoms with Crippen molar-refractivity contribution in [3.8, 4) is 5.75 Å². The second kappa shape index (κ2) is 5.01. The van der Waals surface area contributed by atoms with E-state index in [1.165, 1.54) is 13.2 Å². The quantitative estimate of drug-likeness (QED) is 0.636. The number of hydrogen-bond donors (Lipinski definition) is 0. The van der Waals surface area contributed by atoms with E-state index in [0.717, 1.165) is 5.56 Å². The third-order valence-electron chi connectivity index (χ3n) is 2.83. The van der Waals surface area contributed by atoms with Gasteiger partial charge in [-0.25, -0.2) is 0 Å². The van der Waals surface area contributed by atoms with Crippen molar-refractivity contribution in [2.24, 2.45) is 0 Å². The average molecular weight is 308 g/mol. The molecule has 0 heterocycles. The van der Waals surface area contributed by atoms with Gasteiger partial charge in [0.15, 0.2) is 0 Å². The highest BCUT2D eigenvalue weighted by Crippen LogP contribution is 2.34. The maximum Gasteiger partial charge on any atom is 0.534 e. The van der Waals surface area contributed by atoms with Crippen molar-refractivity contribution >= 4 is 16.2 Å². The van der Waals surface area contributed by atoms with Gasteiger partial charge in [-0.1, -0.05) is 12.1 Å². The molecule has 0 unspecified atom stereocenters. The first-order valence-corrected chi connectivity index (χ1v) is 7.02. The Morgan fingerprint density at radius 1 is 1.20 bits per heavy atom. The molecule has 0 radical (unpaired) electrons. The first-order valence-electron chi connectivity index (χ1n) is 5.62. The molecule has 0 N–H and O–H groups in total. The third-order valence-corrected chi connectivity index (χ3v) is 3.83. The van der Waals surface area contributed by atoms with Crippen LogP contribution in [0.1, 0.15) is 17.5 Å². The minimum absolute atomic E-state index is 0.0582. The Balaban J connectivity index is 2.32. The Bertz CT molecular complexity index is 647. The number of alkyl halides is 3. The molecule has 0 saturated heterocycles. The van der Waals surface area contributed by atoms with Crippen molar-refractivity contribution in [3.05, 3.63) is 35.1 Å². The first kappa shape index (κ1) is 14.7. The lowest BCUT2D eigenvalue weighted by Crippen LogP contribution is -2.25. The zero-order chi connectivity index (χ0) is 15.0. The van der Waals surface area contributed by atoms with Crippen LogP contribution in [0.5, 0.6) is 5.75 Å². The summed E-state index contributed by atoms with van der Waals surface area (Å²) in [7, 11) is -4.13. The zero-order valence-corrected chi connectivity index (χ0v) is 11.2. The fourth-order valence-corrected chi connectivity index (χ4v) is 2.43. The number of methoxy groups -OCH3 is 1. The summed E-state index contributed by atoms with van der Waals surface area (Å²) >= 11 is 0. The molecule has 0 atom stereocenters. The summed E-state index contributed by atoms with van der Waals surface area (Å²) in [6.07, 6.45) is 1.69. The highest BCUT2D eigenvalue weighted by molar-refractivity contribution is 7.87. The molecule has 20 heavy (non-hydrogen) atoms. The number of hydrogen-bond acceptors (Lipinski definition) is 4. The standard InChI is InChI=1S/C12H11F3O4S/c1-18-11-4-2-3-8-7-9(5-6-10(8)11)19-20(16,17)12(13,14)15/h2-4,7H,5-6H2,1H3. The van der Waals surface area contributed by atoms with E-state index >= 15 is 0 Å². The smallest absolute Gasteiger partial charge is 0.496 e. The summed E-state index contributed by atoms with van der Waals surface area (Å²) in [5.41, 5.74) is -4.03. The molecule has 1 aliphatic carbocycles. The second-order valence-electron chi connectivity index (χ2n) is 4.12. The molecule has 0 spiro atoms. The topological polar surface area (TPSA) is 52.6 Å². The van der Waals surface area contributed by atoms with Gasteiger partial charge in [-0.2, -0.15) is 21.6 Å². The van der Waals surface area contributed by atoms with Crippen LogP contribution in [0.2, 0.25) is 0 Å². The summed E-state index contributed by atoms with van der Waals surface area (Å²) in [6, 6.07) is 5.04. The van der Waals surface area contributed by atoms with Crippen LogP contribution in [-0.2, 0) is 20.7 Å². The molecule has 0 saturated carbocycles. The Morgan fingerprint density at radius 2 is 1.90 bits per heavy atom. The van der Waals surface area contributed by atoms with E-state index in [0.29, 0.717) is 17.7 Å². The van der Waals surface area contributed by atoms with Crippen molar-refractivity contribution in [1.29, 1.82) is 0 Å². The molecule has 2 rings (SSSR count). The van der Waals surface area contributed by atoms with Gasteiger partial charge < -0.3 is 8.92 Å². The SMILES string of the molecule is COc1cccc2c1CCC(OS(=O)(=O)C(F)(F)F)=C2. The molecule has 0 fully saturated rings. The molecule has 110 valence electrons. The Morgan fingerprint density at radius 3 is 2.50 bits per heavy atom. The van der Waals surface area contributed by atoms with Crippen molar-refractivity contribution in [2.45, 2.75) is 18.3 Å². The summed E-state index contributed by atoms with van der Waals surface area (Å²) in [5.74, 6) is 0.375. The Hall–Kier alpha value is -1.70. The van der Waals surface area contributed by atoms with Gasteiger partial charge in [0.1, 0.15) is 11.5 Å². The maximum atomic E-state index is 12.2. The lowest BCUT2D eigenvalue weighted by Gasteiger charge is -2.19. The van der Waals surface area contributed by atoms with Crippen molar-refractivity contribution in [3.63, 3.8) is 0 Å². The van der Waals surface area contributed by atoms with Gasteiger partial charge in [0.25, 0.3) is 0 Å². The van der Waals surface area contributed by atoms with E-state index in [1.54, 1.807) is 18.2 Å². The molecule has 0 bridgehead atoms. The lowest BCUT2D eigenvalue weighted by atomic mass is 9.95. The van der Waals surface area contributed by atoms with Crippen LogP contribution < -0.4 is 4.74 Å². The number of benzene rings is 1. The molecule has 1 aromatic carbocycles. The van der Waals surface area contributed by atoms with Crippen molar-refractivity contribution in [1.82, 2.24) is 0 Å². The molecule has 0 aliphatic heterocycles. The molecule has 1 aromatic rings. The van der Waals surface area contributed by atoms with Crippen molar-refractivity contribution < 1.29 is 30.5 Å².